The van der Waals surface area contributed by atoms with Crippen LogP contribution in [0.2, 0.25) is 5.02 Å². The van der Waals surface area contributed by atoms with E-state index in [0.717, 1.165) is 12.1 Å². The molecule has 1 N–H and O–H groups in total. The topological polar surface area (TPSA) is 37.3 Å². The van der Waals surface area contributed by atoms with Crippen LogP contribution in [0.3, 0.4) is 0 Å². The predicted octanol–water partition coefficient (Wildman–Crippen LogP) is 4.24. The molecule has 0 amide bonds. The zero-order chi connectivity index (χ0) is 13.8. The molecule has 0 atom stereocenters. The molecule has 0 bridgehead atoms. The molecular formula is C12H10ClF3O2. The van der Waals surface area contributed by atoms with Gasteiger partial charge in [0.05, 0.1) is 5.56 Å². The Kier molecular flexibility index (Phi) is 4.78. The van der Waals surface area contributed by atoms with Gasteiger partial charge in [-0.05, 0) is 30.2 Å². The molecule has 0 saturated carbocycles. The highest BCUT2D eigenvalue weighted by Crippen LogP contribution is 2.32. The van der Waals surface area contributed by atoms with Crippen LogP contribution >= 0.6 is 11.6 Å². The lowest BCUT2D eigenvalue weighted by atomic mass is 10.1. The average molecular weight is 279 g/mol. The highest BCUT2D eigenvalue weighted by atomic mass is 35.5. The van der Waals surface area contributed by atoms with Gasteiger partial charge in [0.1, 0.15) is 0 Å². The van der Waals surface area contributed by atoms with Crippen LogP contribution in [0.25, 0.3) is 6.08 Å². The normalized spacial score (nSPS) is 12.0. The molecule has 1 aromatic rings. The van der Waals surface area contributed by atoms with Gasteiger partial charge < -0.3 is 5.11 Å². The lowest BCUT2D eigenvalue weighted by Gasteiger charge is -2.08. The van der Waals surface area contributed by atoms with Crippen LogP contribution in [0.5, 0.6) is 0 Å². The highest BCUT2D eigenvalue weighted by molar-refractivity contribution is 6.32. The SMILES string of the molecule is O=C(O)CCC=Cc1cc(C(F)(F)F)ccc1Cl. The first-order chi connectivity index (χ1) is 8.30. The van der Waals surface area contributed by atoms with Crippen molar-refractivity contribution in [2.24, 2.45) is 0 Å². The molecule has 0 fully saturated rings. The molecule has 0 heterocycles. The van der Waals surface area contributed by atoms with Crippen molar-refractivity contribution in [3.63, 3.8) is 0 Å². The van der Waals surface area contributed by atoms with Gasteiger partial charge in [0.2, 0.25) is 0 Å². The van der Waals surface area contributed by atoms with Crippen molar-refractivity contribution in [1.29, 1.82) is 0 Å². The maximum Gasteiger partial charge on any atom is 0.416 e. The first-order valence-corrected chi connectivity index (χ1v) is 5.43. The zero-order valence-corrected chi connectivity index (χ0v) is 9.92. The summed E-state index contributed by atoms with van der Waals surface area (Å²) >= 11 is 5.75. The summed E-state index contributed by atoms with van der Waals surface area (Å²) in [5.41, 5.74) is -0.568. The Hall–Kier alpha value is -1.49. The number of aliphatic carboxylic acids is 1. The average Bonchev–Trinajstić information content (AvgIpc) is 2.24. The fourth-order valence-corrected chi connectivity index (χ4v) is 1.45. The number of allylic oxidation sites excluding steroid dienone is 1. The van der Waals surface area contributed by atoms with Crippen LogP contribution in [0, 0.1) is 0 Å². The first kappa shape index (κ1) is 14.6. The molecule has 0 saturated heterocycles. The van der Waals surface area contributed by atoms with Crippen molar-refractivity contribution >= 4 is 23.6 Å². The summed E-state index contributed by atoms with van der Waals surface area (Å²) in [6, 6.07) is 3.00. The van der Waals surface area contributed by atoms with Gasteiger partial charge in [-0.3, -0.25) is 4.79 Å². The zero-order valence-electron chi connectivity index (χ0n) is 9.17. The monoisotopic (exact) mass is 278 g/mol. The molecule has 1 rings (SSSR count). The van der Waals surface area contributed by atoms with E-state index in [1.807, 2.05) is 0 Å². The Balaban J connectivity index is 2.85. The van der Waals surface area contributed by atoms with Gasteiger partial charge in [0, 0.05) is 11.4 Å². The van der Waals surface area contributed by atoms with Gasteiger partial charge >= 0.3 is 12.1 Å². The van der Waals surface area contributed by atoms with Crippen molar-refractivity contribution in [2.75, 3.05) is 0 Å². The number of carboxylic acids is 1. The van der Waals surface area contributed by atoms with Crippen LogP contribution in [-0.2, 0) is 11.0 Å². The van der Waals surface area contributed by atoms with E-state index in [-0.39, 0.29) is 23.4 Å². The standard InChI is InChI=1S/C12H10ClF3O2/c13-10-6-5-9(12(14,15)16)7-8(10)3-1-2-4-11(17)18/h1,3,5-7H,2,4H2,(H,17,18). The van der Waals surface area contributed by atoms with Gasteiger partial charge in [0.15, 0.2) is 0 Å². The van der Waals surface area contributed by atoms with Crippen molar-refractivity contribution in [2.45, 2.75) is 19.0 Å². The Morgan fingerprint density at radius 3 is 2.61 bits per heavy atom. The van der Waals surface area contributed by atoms with E-state index in [1.54, 1.807) is 0 Å². The van der Waals surface area contributed by atoms with Crippen LogP contribution < -0.4 is 0 Å². The second-order valence-electron chi connectivity index (χ2n) is 3.57. The third-order valence-corrected chi connectivity index (χ3v) is 2.49. The molecular weight excluding hydrogens is 269 g/mol. The minimum atomic E-state index is -4.42. The van der Waals surface area contributed by atoms with Gasteiger partial charge in [-0.2, -0.15) is 13.2 Å². The summed E-state index contributed by atoms with van der Waals surface area (Å²) in [4.78, 5) is 10.3. The summed E-state index contributed by atoms with van der Waals surface area (Å²) in [6.07, 6.45) is -1.39. The fourth-order valence-electron chi connectivity index (χ4n) is 1.26. The molecule has 98 valence electrons. The molecule has 0 unspecified atom stereocenters. The van der Waals surface area contributed by atoms with E-state index in [2.05, 4.69) is 0 Å². The van der Waals surface area contributed by atoms with Gasteiger partial charge in [-0.15, -0.1) is 0 Å². The number of hydrogen-bond donors (Lipinski definition) is 1. The molecule has 0 radical (unpaired) electrons. The second-order valence-corrected chi connectivity index (χ2v) is 3.98. The molecule has 2 nitrogen and oxygen atoms in total. The lowest BCUT2D eigenvalue weighted by Crippen LogP contribution is -2.04. The summed E-state index contributed by atoms with van der Waals surface area (Å²) in [5.74, 6) is -0.963. The molecule has 0 aliphatic rings. The van der Waals surface area contributed by atoms with Crippen molar-refractivity contribution in [3.05, 3.63) is 40.4 Å². The van der Waals surface area contributed by atoms with Crippen molar-refractivity contribution in [3.8, 4) is 0 Å². The summed E-state index contributed by atoms with van der Waals surface area (Å²) in [6.45, 7) is 0. The second kappa shape index (κ2) is 5.91. The van der Waals surface area contributed by atoms with Crippen LogP contribution in [0.4, 0.5) is 13.2 Å². The third-order valence-electron chi connectivity index (χ3n) is 2.15. The van der Waals surface area contributed by atoms with Crippen molar-refractivity contribution < 1.29 is 23.1 Å². The van der Waals surface area contributed by atoms with Crippen LogP contribution in [-0.4, -0.2) is 11.1 Å². The third kappa shape index (κ3) is 4.41. The maximum atomic E-state index is 12.4. The summed E-state index contributed by atoms with van der Waals surface area (Å²) < 4.78 is 37.3. The largest absolute Gasteiger partial charge is 0.481 e. The number of rotatable bonds is 4. The van der Waals surface area contributed by atoms with Gasteiger partial charge in [0.25, 0.3) is 0 Å². The van der Waals surface area contributed by atoms with Crippen LogP contribution in [0.1, 0.15) is 24.0 Å². The minimum Gasteiger partial charge on any atom is -0.481 e. The van der Waals surface area contributed by atoms with E-state index < -0.39 is 17.7 Å². The van der Waals surface area contributed by atoms with E-state index in [4.69, 9.17) is 16.7 Å². The van der Waals surface area contributed by atoms with Crippen molar-refractivity contribution in [1.82, 2.24) is 0 Å². The number of alkyl halides is 3. The number of benzene rings is 1. The smallest absolute Gasteiger partial charge is 0.416 e. The number of halogens is 4. The quantitative estimate of drug-likeness (QED) is 0.894. The summed E-state index contributed by atoms with van der Waals surface area (Å²) in [5, 5.41) is 8.60. The van der Waals surface area contributed by atoms with E-state index in [1.165, 1.54) is 18.2 Å². The lowest BCUT2D eigenvalue weighted by molar-refractivity contribution is -0.138. The van der Waals surface area contributed by atoms with Crippen LogP contribution in [0.15, 0.2) is 24.3 Å². The molecule has 0 aliphatic carbocycles. The molecule has 1 aromatic carbocycles. The highest BCUT2D eigenvalue weighted by Gasteiger charge is 2.30. The van der Waals surface area contributed by atoms with E-state index >= 15 is 0 Å². The molecule has 6 heteroatoms. The number of carboxylic acid groups (broad SMARTS) is 1. The molecule has 0 spiro atoms. The van der Waals surface area contributed by atoms with Gasteiger partial charge in [-0.25, -0.2) is 0 Å². The summed E-state index contributed by atoms with van der Waals surface area (Å²) in [7, 11) is 0. The predicted molar refractivity (Wildman–Crippen MR) is 62.4 cm³/mol. The maximum absolute atomic E-state index is 12.4. The molecule has 0 aliphatic heterocycles. The number of hydrogen-bond acceptors (Lipinski definition) is 1. The number of carbonyl (C=O) groups is 1. The first-order valence-electron chi connectivity index (χ1n) is 5.06. The minimum absolute atomic E-state index is 0.0763. The fraction of sp³-hybridized carbons (Fsp3) is 0.250. The van der Waals surface area contributed by atoms with Gasteiger partial charge in [-0.1, -0.05) is 23.8 Å². The Morgan fingerprint density at radius 1 is 1.39 bits per heavy atom. The molecule has 0 aromatic heterocycles. The molecule has 18 heavy (non-hydrogen) atoms. The Bertz CT molecular complexity index is 467. The Morgan fingerprint density at radius 2 is 2.06 bits per heavy atom. The Labute approximate surface area is 107 Å². The van der Waals surface area contributed by atoms with E-state index in [9.17, 15) is 18.0 Å². The van der Waals surface area contributed by atoms with E-state index in [0.29, 0.717) is 0 Å².